The summed E-state index contributed by atoms with van der Waals surface area (Å²) in [5.41, 5.74) is 3.16. The van der Waals surface area contributed by atoms with Crippen molar-refractivity contribution in [2.24, 2.45) is 5.92 Å². The Hall–Kier alpha value is -2.75. The third-order valence-electron chi connectivity index (χ3n) is 4.62. The number of carbonyl (C=O) groups is 1. The van der Waals surface area contributed by atoms with Crippen LogP contribution in [0.1, 0.15) is 36.2 Å². The molecule has 3 rings (SSSR count). The van der Waals surface area contributed by atoms with Gasteiger partial charge in [0.15, 0.2) is 11.5 Å². The smallest absolute Gasteiger partial charge is 0.254 e. The van der Waals surface area contributed by atoms with Gasteiger partial charge in [-0.3, -0.25) is 4.79 Å². The summed E-state index contributed by atoms with van der Waals surface area (Å²) in [6, 6.07) is 15.7. The predicted octanol–water partition coefficient (Wildman–Crippen LogP) is 4.66. The minimum Gasteiger partial charge on any atom is -0.493 e. The monoisotopic (exact) mass is 365 g/mol. The molecule has 4 heteroatoms. The third-order valence-corrected chi connectivity index (χ3v) is 4.62. The molecule has 0 bridgehead atoms. The Kier molecular flexibility index (Phi) is 6.17. The lowest BCUT2D eigenvalue weighted by Gasteiger charge is -2.27. The summed E-state index contributed by atoms with van der Waals surface area (Å²) in [5, 5.41) is 0. The Labute approximate surface area is 161 Å². The van der Waals surface area contributed by atoms with Crippen molar-refractivity contribution >= 4 is 11.5 Å². The molecule has 0 unspecified atom stereocenters. The zero-order valence-corrected chi connectivity index (χ0v) is 16.3. The number of nitrogens with zero attached hydrogens (tertiary/aromatic N) is 1. The lowest BCUT2D eigenvalue weighted by molar-refractivity contribution is 0.0772. The summed E-state index contributed by atoms with van der Waals surface area (Å²) in [6.07, 6.45) is 3.01. The van der Waals surface area contributed by atoms with Crippen molar-refractivity contribution < 1.29 is 14.3 Å². The maximum atomic E-state index is 12.9. The summed E-state index contributed by atoms with van der Waals surface area (Å²) in [6.45, 7) is 6.14. The van der Waals surface area contributed by atoms with E-state index in [0.29, 0.717) is 42.7 Å². The molecule has 0 N–H and O–H groups in total. The van der Waals surface area contributed by atoms with Gasteiger partial charge in [-0.05, 0) is 41.7 Å². The van der Waals surface area contributed by atoms with Crippen molar-refractivity contribution in [2.45, 2.75) is 20.3 Å². The quantitative estimate of drug-likeness (QED) is 0.747. The molecule has 1 aliphatic heterocycles. The fourth-order valence-electron chi connectivity index (χ4n) is 3.13. The van der Waals surface area contributed by atoms with Crippen molar-refractivity contribution in [3.05, 3.63) is 65.7 Å². The molecule has 27 heavy (non-hydrogen) atoms. The second-order valence-electron chi connectivity index (χ2n) is 7.17. The summed E-state index contributed by atoms with van der Waals surface area (Å²) >= 11 is 0. The molecule has 142 valence electrons. The van der Waals surface area contributed by atoms with Crippen LogP contribution in [0.25, 0.3) is 5.57 Å². The number of ether oxygens (including phenoxy) is 2. The highest BCUT2D eigenvalue weighted by molar-refractivity contribution is 5.95. The first kappa shape index (κ1) is 19.0. The maximum Gasteiger partial charge on any atom is 0.254 e. The number of hydrogen-bond acceptors (Lipinski definition) is 3. The number of benzene rings is 2. The van der Waals surface area contributed by atoms with Crippen LogP contribution in [0.4, 0.5) is 0 Å². The third kappa shape index (κ3) is 4.70. The lowest BCUT2D eigenvalue weighted by atomic mass is 9.99. The van der Waals surface area contributed by atoms with E-state index in [1.165, 1.54) is 11.1 Å². The second-order valence-corrected chi connectivity index (χ2v) is 7.17. The van der Waals surface area contributed by atoms with Crippen LogP contribution < -0.4 is 9.47 Å². The van der Waals surface area contributed by atoms with Crippen LogP contribution in [0, 0.1) is 5.92 Å². The van der Waals surface area contributed by atoms with Gasteiger partial charge in [-0.25, -0.2) is 0 Å². The van der Waals surface area contributed by atoms with Crippen LogP contribution in [-0.2, 0) is 0 Å². The first-order chi connectivity index (χ1) is 13.1. The Morgan fingerprint density at radius 3 is 2.52 bits per heavy atom. The fourth-order valence-corrected chi connectivity index (χ4v) is 3.13. The molecule has 0 aliphatic carbocycles. The number of rotatable bonds is 6. The van der Waals surface area contributed by atoms with Gasteiger partial charge in [0.2, 0.25) is 0 Å². The maximum absolute atomic E-state index is 12.9. The molecule has 0 radical (unpaired) electrons. The largest absolute Gasteiger partial charge is 0.493 e. The van der Waals surface area contributed by atoms with Gasteiger partial charge in [0.05, 0.1) is 13.7 Å². The van der Waals surface area contributed by atoms with Gasteiger partial charge < -0.3 is 14.4 Å². The van der Waals surface area contributed by atoms with Gasteiger partial charge in [0.1, 0.15) is 0 Å². The van der Waals surface area contributed by atoms with E-state index in [9.17, 15) is 4.79 Å². The SMILES string of the molecule is COc1cc(C(=O)N2CC=C(c3ccccc3)CC2)ccc1OCC(C)C. The Morgan fingerprint density at radius 2 is 1.89 bits per heavy atom. The molecule has 2 aromatic rings. The minimum atomic E-state index is 0.0204. The van der Waals surface area contributed by atoms with Crippen LogP contribution in [0.5, 0.6) is 11.5 Å². The highest BCUT2D eigenvalue weighted by atomic mass is 16.5. The highest BCUT2D eigenvalue weighted by Gasteiger charge is 2.20. The molecule has 1 heterocycles. The number of carbonyl (C=O) groups excluding carboxylic acids is 1. The van der Waals surface area contributed by atoms with Crippen LogP contribution >= 0.6 is 0 Å². The average molecular weight is 365 g/mol. The summed E-state index contributed by atoms with van der Waals surface area (Å²) in [4.78, 5) is 14.8. The van der Waals surface area contributed by atoms with E-state index in [2.05, 4.69) is 32.1 Å². The number of hydrogen-bond donors (Lipinski definition) is 0. The van der Waals surface area contributed by atoms with E-state index in [1.807, 2.05) is 35.2 Å². The van der Waals surface area contributed by atoms with Gasteiger partial charge in [0.25, 0.3) is 5.91 Å². The van der Waals surface area contributed by atoms with Gasteiger partial charge in [0, 0.05) is 18.7 Å². The summed E-state index contributed by atoms with van der Waals surface area (Å²) < 4.78 is 11.2. The first-order valence-corrected chi connectivity index (χ1v) is 9.43. The molecule has 0 saturated heterocycles. The predicted molar refractivity (Wildman–Crippen MR) is 108 cm³/mol. The molecule has 0 atom stereocenters. The van der Waals surface area contributed by atoms with Gasteiger partial charge in [-0.2, -0.15) is 0 Å². The minimum absolute atomic E-state index is 0.0204. The lowest BCUT2D eigenvalue weighted by Crippen LogP contribution is -2.34. The first-order valence-electron chi connectivity index (χ1n) is 9.43. The van der Waals surface area contributed by atoms with Crippen LogP contribution in [0.2, 0.25) is 0 Å². The van der Waals surface area contributed by atoms with Crippen molar-refractivity contribution in [1.29, 1.82) is 0 Å². The Bertz CT molecular complexity index is 812. The molecule has 2 aromatic carbocycles. The number of methoxy groups -OCH3 is 1. The van der Waals surface area contributed by atoms with Crippen molar-refractivity contribution in [3.63, 3.8) is 0 Å². The molecule has 1 aliphatic rings. The van der Waals surface area contributed by atoms with E-state index in [1.54, 1.807) is 13.2 Å². The molecule has 0 fully saturated rings. The average Bonchev–Trinajstić information content (AvgIpc) is 2.72. The molecule has 4 nitrogen and oxygen atoms in total. The molecule has 0 spiro atoms. The molecule has 0 aromatic heterocycles. The van der Waals surface area contributed by atoms with Gasteiger partial charge >= 0.3 is 0 Å². The molecule has 0 saturated carbocycles. The Morgan fingerprint density at radius 1 is 1.11 bits per heavy atom. The van der Waals surface area contributed by atoms with Crippen LogP contribution in [-0.4, -0.2) is 37.6 Å². The fraction of sp³-hybridized carbons (Fsp3) is 0.348. The van der Waals surface area contributed by atoms with Crippen molar-refractivity contribution in [2.75, 3.05) is 26.8 Å². The van der Waals surface area contributed by atoms with Gasteiger partial charge in [-0.15, -0.1) is 0 Å². The zero-order chi connectivity index (χ0) is 19.2. The summed E-state index contributed by atoms with van der Waals surface area (Å²) in [7, 11) is 1.60. The topological polar surface area (TPSA) is 38.8 Å². The van der Waals surface area contributed by atoms with E-state index < -0.39 is 0 Å². The van der Waals surface area contributed by atoms with E-state index in [0.717, 1.165) is 6.42 Å². The number of amides is 1. The standard InChI is InChI=1S/C23H27NO3/c1-17(2)16-27-21-10-9-20(15-22(21)26-3)23(25)24-13-11-19(12-14-24)18-7-5-4-6-8-18/h4-11,15,17H,12-14,16H2,1-3H3. The van der Waals surface area contributed by atoms with E-state index >= 15 is 0 Å². The van der Waals surface area contributed by atoms with Crippen molar-refractivity contribution in [1.82, 2.24) is 4.90 Å². The van der Waals surface area contributed by atoms with E-state index in [4.69, 9.17) is 9.47 Å². The van der Waals surface area contributed by atoms with Gasteiger partial charge in [-0.1, -0.05) is 50.3 Å². The van der Waals surface area contributed by atoms with Crippen LogP contribution in [0.15, 0.2) is 54.6 Å². The molecular formula is C23H27NO3. The summed E-state index contributed by atoms with van der Waals surface area (Å²) in [5.74, 6) is 1.72. The Balaban J connectivity index is 1.70. The molecular weight excluding hydrogens is 338 g/mol. The van der Waals surface area contributed by atoms with Crippen LogP contribution in [0.3, 0.4) is 0 Å². The van der Waals surface area contributed by atoms with Crippen molar-refractivity contribution in [3.8, 4) is 11.5 Å². The highest BCUT2D eigenvalue weighted by Crippen LogP contribution is 2.30. The normalized spacial score (nSPS) is 14.1. The molecule has 1 amide bonds. The zero-order valence-electron chi connectivity index (χ0n) is 16.3. The van der Waals surface area contributed by atoms with E-state index in [-0.39, 0.29) is 5.91 Å². The second kappa shape index (κ2) is 8.76.